The van der Waals surface area contributed by atoms with Gasteiger partial charge in [-0.25, -0.2) is 21.6 Å². The number of carbonyl (C=O) groups is 1. The minimum absolute atomic E-state index is 0.0136. The Kier molecular flexibility index (Phi) is 6.20. The quantitative estimate of drug-likeness (QED) is 0.665. The summed E-state index contributed by atoms with van der Waals surface area (Å²) in [4.78, 5) is 16.8. The number of nitrogens with zero attached hydrogens (tertiary/aromatic N) is 2. The van der Waals surface area contributed by atoms with E-state index >= 15 is 0 Å². The molecule has 2 aliphatic rings. The monoisotopic (exact) mass is 467 g/mol. The molecular formula is C20H25N3O6S2. The molecule has 1 aromatic heterocycles. The highest BCUT2D eigenvalue weighted by molar-refractivity contribution is 7.91. The number of hydrogen-bond acceptors (Lipinski definition) is 7. The zero-order chi connectivity index (χ0) is 22.1. The topological polar surface area (TPSA) is 117 Å². The van der Waals surface area contributed by atoms with Crippen LogP contribution >= 0.6 is 0 Å². The number of benzene rings is 1. The van der Waals surface area contributed by atoms with E-state index in [0.717, 1.165) is 0 Å². The van der Waals surface area contributed by atoms with Crippen LogP contribution in [0.2, 0.25) is 0 Å². The summed E-state index contributed by atoms with van der Waals surface area (Å²) in [5, 5.41) is 0. The number of sulfone groups is 1. The van der Waals surface area contributed by atoms with Crippen LogP contribution in [-0.4, -0.2) is 76.3 Å². The van der Waals surface area contributed by atoms with E-state index in [1.807, 2.05) is 0 Å². The molecule has 1 N–H and O–H groups in total. The van der Waals surface area contributed by atoms with Crippen molar-refractivity contribution in [2.75, 3.05) is 37.7 Å². The van der Waals surface area contributed by atoms with E-state index in [0.29, 0.717) is 43.9 Å². The number of carbonyl (C=O) groups excluding carboxylic acids is 1. The normalized spacial score (nSPS) is 21.9. The Labute approximate surface area is 182 Å². The van der Waals surface area contributed by atoms with E-state index in [1.54, 1.807) is 29.2 Å². The molecule has 11 heteroatoms. The Morgan fingerprint density at radius 1 is 1.13 bits per heavy atom. The highest BCUT2D eigenvalue weighted by atomic mass is 32.2. The van der Waals surface area contributed by atoms with Gasteiger partial charge >= 0.3 is 0 Å². The summed E-state index contributed by atoms with van der Waals surface area (Å²) in [5.74, 6) is 0.670. The zero-order valence-corrected chi connectivity index (χ0v) is 18.6. The molecule has 0 aliphatic carbocycles. The first-order chi connectivity index (χ1) is 14.7. The molecule has 2 fully saturated rings. The number of hydrogen-bond donors (Lipinski definition) is 1. The second-order valence-corrected chi connectivity index (χ2v) is 11.8. The lowest BCUT2D eigenvalue weighted by Crippen LogP contribution is -2.52. The highest BCUT2D eigenvalue weighted by Gasteiger charge is 2.34. The molecule has 0 unspecified atom stereocenters. The van der Waals surface area contributed by atoms with Crippen molar-refractivity contribution in [3.8, 4) is 0 Å². The Hall–Kier alpha value is -2.21. The first-order valence-corrected chi connectivity index (χ1v) is 13.4. The fraction of sp³-hybridized carbons (Fsp3) is 0.450. The number of sulfonamides is 1. The SMILES string of the molecule is O=C(c1cccc(S(=O)(=O)NCc2ccco2)c1)N1CCN([C@@H]2CCS(=O)(=O)C2)CC1. The molecule has 1 amide bonds. The Morgan fingerprint density at radius 3 is 2.55 bits per heavy atom. The van der Waals surface area contributed by atoms with E-state index in [-0.39, 0.29) is 34.9 Å². The molecule has 0 spiro atoms. The molecule has 1 aromatic carbocycles. The predicted molar refractivity (Wildman–Crippen MR) is 114 cm³/mol. The van der Waals surface area contributed by atoms with Crippen LogP contribution in [0.15, 0.2) is 52.0 Å². The summed E-state index contributed by atoms with van der Waals surface area (Å²) in [5.41, 5.74) is 0.303. The summed E-state index contributed by atoms with van der Waals surface area (Å²) in [6.45, 7) is 2.18. The minimum atomic E-state index is -3.80. The summed E-state index contributed by atoms with van der Waals surface area (Å²) in [6.07, 6.45) is 2.11. The van der Waals surface area contributed by atoms with Crippen molar-refractivity contribution >= 4 is 25.8 Å². The van der Waals surface area contributed by atoms with E-state index < -0.39 is 19.9 Å². The predicted octanol–water partition coefficient (Wildman–Crippen LogP) is 0.703. The van der Waals surface area contributed by atoms with Crippen LogP contribution in [0.5, 0.6) is 0 Å². The average Bonchev–Trinajstić information content (AvgIpc) is 3.41. The van der Waals surface area contributed by atoms with E-state index in [4.69, 9.17) is 4.42 Å². The maximum absolute atomic E-state index is 12.9. The molecule has 3 heterocycles. The van der Waals surface area contributed by atoms with Gasteiger partial charge in [0.05, 0.1) is 29.2 Å². The van der Waals surface area contributed by atoms with Gasteiger partial charge < -0.3 is 9.32 Å². The van der Waals surface area contributed by atoms with Crippen LogP contribution in [0.25, 0.3) is 0 Å². The third-order valence-electron chi connectivity index (χ3n) is 5.73. The molecule has 9 nitrogen and oxygen atoms in total. The smallest absolute Gasteiger partial charge is 0.253 e. The van der Waals surface area contributed by atoms with Crippen LogP contribution in [0, 0.1) is 0 Å². The van der Waals surface area contributed by atoms with Gasteiger partial charge in [-0.2, -0.15) is 0 Å². The molecule has 2 saturated heterocycles. The van der Waals surface area contributed by atoms with Crippen molar-refractivity contribution in [1.82, 2.24) is 14.5 Å². The molecule has 0 radical (unpaired) electrons. The van der Waals surface area contributed by atoms with Gasteiger partial charge in [0.2, 0.25) is 10.0 Å². The first-order valence-electron chi connectivity index (χ1n) is 10.1. The molecular weight excluding hydrogens is 442 g/mol. The molecule has 168 valence electrons. The van der Waals surface area contributed by atoms with E-state index in [2.05, 4.69) is 9.62 Å². The molecule has 1 atom stereocenters. The Morgan fingerprint density at radius 2 is 1.90 bits per heavy atom. The second-order valence-electron chi connectivity index (χ2n) is 7.82. The number of piperazine rings is 1. The van der Waals surface area contributed by atoms with Gasteiger partial charge in [-0.05, 0) is 36.8 Å². The lowest BCUT2D eigenvalue weighted by molar-refractivity contribution is 0.0587. The van der Waals surface area contributed by atoms with Gasteiger partial charge in [0.15, 0.2) is 9.84 Å². The zero-order valence-electron chi connectivity index (χ0n) is 16.9. The molecule has 2 aromatic rings. The van der Waals surface area contributed by atoms with Crippen LogP contribution in [0.4, 0.5) is 0 Å². The summed E-state index contributed by atoms with van der Waals surface area (Å²) in [7, 11) is -6.75. The maximum Gasteiger partial charge on any atom is 0.253 e. The summed E-state index contributed by atoms with van der Waals surface area (Å²) in [6, 6.07) is 9.34. The lowest BCUT2D eigenvalue weighted by Gasteiger charge is -2.37. The standard InChI is InChI=1S/C20H25N3O6S2/c24-20(23-9-7-22(8-10-23)17-6-12-30(25,26)15-17)16-3-1-5-19(13-16)31(27,28)21-14-18-4-2-11-29-18/h1-5,11,13,17,21H,6-10,12,14-15H2/t17-/m1/s1. The average molecular weight is 468 g/mol. The fourth-order valence-electron chi connectivity index (χ4n) is 4.00. The van der Waals surface area contributed by atoms with Crippen molar-refractivity contribution in [2.45, 2.75) is 23.9 Å². The number of furan rings is 1. The van der Waals surface area contributed by atoms with Crippen LogP contribution in [0.3, 0.4) is 0 Å². The minimum Gasteiger partial charge on any atom is -0.468 e. The van der Waals surface area contributed by atoms with Gasteiger partial charge in [-0.1, -0.05) is 6.07 Å². The van der Waals surface area contributed by atoms with Crippen molar-refractivity contribution in [3.63, 3.8) is 0 Å². The Bertz CT molecular complexity index is 1140. The van der Waals surface area contributed by atoms with Crippen LogP contribution in [-0.2, 0) is 26.4 Å². The number of nitrogens with one attached hydrogen (secondary N) is 1. The third kappa shape index (κ3) is 5.17. The largest absolute Gasteiger partial charge is 0.468 e. The third-order valence-corrected chi connectivity index (χ3v) is 8.88. The van der Waals surface area contributed by atoms with Gasteiger partial charge in [-0.15, -0.1) is 0 Å². The van der Waals surface area contributed by atoms with Crippen molar-refractivity contribution in [2.24, 2.45) is 0 Å². The van der Waals surface area contributed by atoms with Gasteiger partial charge in [-0.3, -0.25) is 9.69 Å². The van der Waals surface area contributed by atoms with Crippen molar-refractivity contribution in [3.05, 3.63) is 54.0 Å². The molecule has 31 heavy (non-hydrogen) atoms. The van der Waals surface area contributed by atoms with E-state index in [1.165, 1.54) is 18.4 Å². The van der Waals surface area contributed by atoms with E-state index in [9.17, 15) is 21.6 Å². The van der Waals surface area contributed by atoms with Crippen LogP contribution < -0.4 is 4.72 Å². The molecule has 2 aliphatic heterocycles. The van der Waals surface area contributed by atoms with Gasteiger partial charge in [0.1, 0.15) is 5.76 Å². The highest BCUT2D eigenvalue weighted by Crippen LogP contribution is 2.20. The Balaban J connectivity index is 1.38. The van der Waals surface area contributed by atoms with Gasteiger partial charge in [0, 0.05) is 37.8 Å². The van der Waals surface area contributed by atoms with Crippen molar-refractivity contribution < 1.29 is 26.0 Å². The second kappa shape index (κ2) is 8.73. The van der Waals surface area contributed by atoms with Crippen molar-refractivity contribution in [1.29, 1.82) is 0 Å². The lowest BCUT2D eigenvalue weighted by atomic mass is 10.1. The first kappa shape index (κ1) is 22.0. The summed E-state index contributed by atoms with van der Waals surface area (Å²) < 4.78 is 56.2. The van der Waals surface area contributed by atoms with Gasteiger partial charge in [0.25, 0.3) is 5.91 Å². The molecule has 0 bridgehead atoms. The van der Waals surface area contributed by atoms with Crippen LogP contribution in [0.1, 0.15) is 22.5 Å². The maximum atomic E-state index is 12.9. The molecule has 0 saturated carbocycles. The number of rotatable bonds is 6. The summed E-state index contributed by atoms with van der Waals surface area (Å²) >= 11 is 0. The fourth-order valence-corrected chi connectivity index (χ4v) is 6.80. The molecule has 4 rings (SSSR count). The number of amides is 1.